The summed E-state index contributed by atoms with van der Waals surface area (Å²) >= 11 is 1.30. The van der Waals surface area contributed by atoms with Crippen molar-refractivity contribution >= 4 is 23.4 Å². The molecule has 1 aromatic heterocycles. The van der Waals surface area contributed by atoms with Crippen LogP contribution in [0.2, 0.25) is 0 Å². The van der Waals surface area contributed by atoms with Gasteiger partial charge in [0.05, 0.1) is 35.6 Å². The Balaban J connectivity index is 1.94. The summed E-state index contributed by atoms with van der Waals surface area (Å²) in [6, 6.07) is 16.4. The zero-order valence-electron chi connectivity index (χ0n) is 17.5. The van der Waals surface area contributed by atoms with Crippen LogP contribution in [0.15, 0.2) is 75.7 Å². The number of esters is 1. The highest BCUT2D eigenvalue weighted by molar-refractivity contribution is 7.07. The molecular weight excluding hydrogens is 412 g/mol. The lowest BCUT2D eigenvalue weighted by atomic mass is 9.96. The van der Waals surface area contributed by atoms with Crippen LogP contribution in [0.4, 0.5) is 0 Å². The van der Waals surface area contributed by atoms with Gasteiger partial charge in [0.1, 0.15) is 5.75 Å². The number of carbonyl (C=O) groups excluding carboxylic acids is 1. The smallest absolute Gasteiger partial charge is 0.338 e. The molecule has 6 nitrogen and oxygen atoms in total. The number of rotatable bonds is 5. The van der Waals surface area contributed by atoms with Gasteiger partial charge in [-0.1, -0.05) is 53.8 Å². The third kappa shape index (κ3) is 3.96. The molecule has 0 unspecified atom stereocenters. The molecule has 0 saturated heterocycles. The Morgan fingerprint density at radius 2 is 1.97 bits per heavy atom. The molecule has 1 aliphatic heterocycles. The summed E-state index contributed by atoms with van der Waals surface area (Å²) in [7, 11) is 1.60. The van der Waals surface area contributed by atoms with Crippen molar-refractivity contribution in [2.24, 2.45) is 4.99 Å². The third-order valence-electron chi connectivity index (χ3n) is 5.02. The van der Waals surface area contributed by atoms with E-state index >= 15 is 0 Å². The van der Waals surface area contributed by atoms with Crippen LogP contribution in [0.5, 0.6) is 5.75 Å². The van der Waals surface area contributed by atoms with Crippen molar-refractivity contribution in [2.45, 2.75) is 19.9 Å². The van der Waals surface area contributed by atoms with Crippen molar-refractivity contribution < 1.29 is 14.3 Å². The summed E-state index contributed by atoms with van der Waals surface area (Å²) in [5.41, 5.74) is 2.42. The zero-order valence-corrected chi connectivity index (χ0v) is 18.3. The maximum absolute atomic E-state index is 13.5. The maximum atomic E-state index is 13.5. The van der Waals surface area contributed by atoms with Crippen LogP contribution in [-0.2, 0) is 9.53 Å². The highest BCUT2D eigenvalue weighted by Crippen LogP contribution is 2.30. The van der Waals surface area contributed by atoms with Gasteiger partial charge >= 0.3 is 5.97 Å². The Hall–Kier alpha value is -3.45. The lowest BCUT2D eigenvalue weighted by Gasteiger charge is -2.24. The summed E-state index contributed by atoms with van der Waals surface area (Å²) in [6.45, 7) is 3.79. The van der Waals surface area contributed by atoms with Gasteiger partial charge in [-0.05, 0) is 43.2 Å². The van der Waals surface area contributed by atoms with Crippen LogP contribution in [0, 0.1) is 0 Å². The number of benzene rings is 2. The molecule has 1 atom stereocenters. The molecule has 158 valence electrons. The second-order valence-electron chi connectivity index (χ2n) is 6.99. The minimum absolute atomic E-state index is 0.199. The summed E-state index contributed by atoms with van der Waals surface area (Å²) < 4.78 is 12.7. The molecule has 0 bridgehead atoms. The van der Waals surface area contributed by atoms with Gasteiger partial charge in [0.2, 0.25) is 0 Å². The van der Waals surface area contributed by atoms with Gasteiger partial charge in [-0.2, -0.15) is 0 Å². The number of aromatic nitrogens is 1. The average Bonchev–Trinajstić information content (AvgIpc) is 3.08. The minimum Gasteiger partial charge on any atom is -0.497 e. The first-order valence-corrected chi connectivity index (χ1v) is 10.7. The molecular formula is C24H22N2O4S. The predicted octanol–water partition coefficient (Wildman–Crippen LogP) is 2.81. The van der Waals surface area contributed by atoms with Crippen molar-refractivity contribution in [3.8, 4) is 5.75 Å². The molecule has 0 N–H and O–H groups in total. The quantitative estimate of drug-likeness (QED) is 0.579. The molecule has 4 rings (SSSR count). The van der Waals surface area contributed by atoms with Crippen LogP contribution in [0.25, 0.3) is 6.08 Å². The first kappa shape index (κ1) is 20.8. The average molecular weight is 435 g/mol. The number of methoxy groups -OCH3 is 1. The van der Waals surface area contributed by atoms with E-state index in [9.17, 15) is 9.59 Å². The van der Waals surface area contributed by atoms with E-state index in [4.69, 9.17) is 9.47 Å². The molecule has 0 amide bonds. The van der Waals surface area contributed by atoms with Crippen molar-refractivity contribution in [2.75, 3.05) is 13.7 Å². The molecule has 0 fully saturated rings. The van der Waals surface area contributed by atoms with E-state index in [1.165, 1.54) is 11.3 Å². The fourth-order valence-corrected chi connectivity index (χ4v) is 4.67. The molecule has 0 radical (unpaired) electrons. The number of ether oxygens (including phenoxy) is 2. The number of fused-ring (bicyclic) bond motifs is 1. The summed E-state index contributed by atoms with van der Waals surface area (Å²) in [5.74, 6) is 0.254. The first-order chi connectivity index (χ1) is 15.0. The van der Waals surface area contributed by atoms with Crippen LogP contribution in [-0.4, -0.2) is 24.3 Å². The molecule has 0 spiro atoms. The fraction of sp³-hybridized carbons (Fsp3) is 0.208. The van der Waals surface area contributed by atoms with E-state index in [2.05, 4.69) is 4.99 Å². The molecule has 1 aliphatic rings. The van der Waals surface area contributed by atoms with Crippen LogP contribution >= 0.6 is 11.3 Å². The van der Waals surface area contributed by atoms with Gasteiger partial charge in [0.15, 0.2) is 4.80 Å². The van der Waals surface area contributed by atoms with Gasteiger partial charge in [-0.15, -0.1) is 0 Å². The van der Waals surface area contributed by atoms with Crippen molar-refractivity contribution in [1.29, 1.82) is 0 Å². The fourth-order valence-electron chi connectivity index (χ4n) is 3.62. The number of allylic oxidation sites excluding steroid dienone is 1. The minimum atomic E-state index is -0.594. The standard InChI is InChI=1S/C24H22N2O4S/c1-4-30-23(28)20-15(2)25-24-26(21(20)17-10-6-5-7-11-17)22(27)19(31-24)14-16-9-8-12-18(13-16)29-3/h5-14,21H,4H2,1-3H3/b19-14+/t21-/m1/s1. The number of nitrogens with zero attached hydrogens (tertiary/aromatic N) is 2. The lowest BCUT2D eigenvalue weighted by molar-refractivity contribution is -0.139. The molecule has 7 heteroatoms. The van der Waals surface area contributed by atoms with E-state index in [1.807, 2.05) is 60.7 Å². The van der Waals surface area contributed by atoms with E-state index in [1.54, 1.807) is 25.5 Å². The van der Waals surface area contributed by atoms with Crippen LogP contribution in [0.1, 0.15) is 31.0 Å². The van der Waals surface area contributed by atoms with Crippen LogP contribution in [0.3, 0.4) is 0 Å². The summed E-state index contributed by atoms with van der Waals surface area (Å²) in [6.07, 6.45) is 1.82. The van der Waals surface area contributed by atoms with Gasteiger partial charge in [0.25, 0.3) is 5.56 Å². The highest BCUT2D eigenvalue weighted by Gasteiger charge is 2.33. The zero-order chi connectivity index (χ0) is 22.0. The van der Waals surface area contributed by atoms with Crippen molar-refractivity contribution in [1.82, 2.24) is 4.57 Å². The maximum Gasteiger partial charge on any atom is 0.338 e. The topological polar surface area (TPSA) is 69.9 Å². The Kier molecular flexibility index (Phi) is 5.86. The molecule has 0 saturated carbocycles. The SMILES string of the molecule is CCOC(=O)C1=C(C)N=c2s/c(=C/c3cccc(OC)c3)c(=O)n2[C@@H]1c1ccccc1. The third-order valence-corrected chi connectivity index (χ3v) is 6.01. The second-order valence-corrected chi connectivity index (χ2v) is 8.00. The van der Waals surface area contributed by atoms with E-state index in [0.29, 0.717) is 26.4 Å². The molecule has 31 heavy (non-hydrogen) atoms. The highest BCUT2D eigenvalue weighted by atomic mass is 32.1. The van der Waals surface area contributed by atoms with Crippen molar-refractivity contribution in [3.05, 3.63) is 96.7 Å². The Bertz CT molecular complexity index is 1340. The molecule has 3 aromatic rings. The predicted molar refractivity (Wildman–Crippen MR) is 120 cm³/mol. The van der Waals surface area contributed by atoms with Gasteiger partial charge in [-0.25, -0.2) is 9.79 Å². The Morgan fingerprint density at radius 3 is 2.68 bits per heavy atom. The molecule has 0 aliphatic carbocycles. The van der Waals surface area contributed by atoms with E-state index in [-0.39, 0.29) is 12.2 Å². The first-order valence-electron chi connectivity index (χ1n) is 9.92. The van der Waals surface area contributed by atoms with Gasteiger partial charge in [-0.3, -0.25) is 9.36 Å². The number of thiazole rings is 1. The Morgan fingerprint density at radius 1 is 1.19 bits per heavy atom. The Labute approximate surface area is 183 Å². The van der Waals surface area contributed by atoms with Crippen LogP contribution < -0.4 is 19.6 Å². The number of hydrogen-bond donors (Lipinski definition) is 0. The van der Waals surface area contributed by atoms with E-state index < -0.39 is 12.0 Å². The van der Waals surface area contributed by atoms with E-state index in [0.717, 1.165) is 11.1 Å². The lowest BCUT2D eigenvalue weighted by Crippen LogP contribution is -2.39. The monoisotopic (exact) mass is 434 g/mol. The second kappa shape index (κ2) is 8.73. The molecule has 2 heterocycles. The summed E-state index contributed by atoms with van der Waals surface area (Å²) in [4.78, 5) is 31.4. The van der Waals surface area contributed by atoms with Gasteiger partial charge in [0, 0.05) is 0 Å². The normalized spacial score (nSPS) is 16.0. The van der Waals surface area contributed by atoms with Gasteiger partial charge < -0.3 is 9.47 Å². The molecule has 2 aromatic carbocycles. The number of hydrogen-bond acceptors (Lipinski definition) is 6. The van der Waals surface area contributed by atoms with Crippen molar-refractivity contribution in [3.63, 3.8) is 0 Å². The largest absolute Gasteiger partial charge is 0.497 e. The summed E-state index contributed by atoms with van der Waals surface area (Å²) in [5, 5.41) is 0. The number of carbonyl (C=O) groups is 1.